The number of primary amides is 1. The van der Waals surface area contributed by atoms with E-state index < -0.39 is 24.0 Å². The van der Waals surface area contributed by atoms with E-state index in [9.17, 15) is 14.7 Å². The number of aliphatic hydroxyl groups is 1. The van der Waals surface area contributed by atoms with Crippen LogP contribution < -0.4 is 5.73 Å². The topological polar surface area (TPSA) is 96.5 Å². The van der Waals surface area contributed by atoms with E-state index >= 15 is 0 Å². The lowest BCUT2D eigenvalue weighted by atomic mass is 10.2. The summed E-state index contributed by atoms with van der Waals surface area (Å²) in [6, 6.07) is 3.84. The van der Waals surface area contributed by atoms with Crippen molar-refractivity contribution >= 4 is 23.4 Å². The molecule has 1 aromatic rings. The van der Waals surface area contributed by atoms with Crippen LogP contribution >= 0.6 is 11.6 Å². The maximum atomic E-state index is 12.1. The number of halogens is 1. The number of likely N-dealkylation sites (tertiary alicyclic amines) is 1. The number of β-amino-alcohol motifs (C(OH)–C–C–N with tert-alkyl or cyclic N) is 1. The van der Waals surface area contributed by atoms with Crippen molar-refractivity contribution in [3.63, 3.8) is 0 Å². The summed E-state index contributed by atoms with van der Waals surface area (Å²) in [5, 5.41) is 9.71. The average molecular weight is 270 g/mol. The molecular formula is C11H12ClN3O3. The average Bonchev–Trinajstić information content (AvgIpc) is 2.70. The molecule has 1 fully saturated rings. The summed E-state index contributed by atoms with van der Waals surface area (Å²) in [7, 11) is 0. The molecule has 0 bridgehead atoms. The van der Waals surface area contributed by atoms with Crippen LogP contribution in [0.15, 0.2) is 18.2 Å². The molecule has 18 heavy (non-hydrogen) atoms. The number of nitrogens with zero attached hydrogens (tertiary/aromatic N) is 2. The highest BCUT2D eigenvalue weighted by atomic mass is 35.5. The summed E-state index contributed by atoms with van der Waals surface area (Å²) in [6.45, 7) is 0.0701. The van der Waals surface area contributed by atoms with Crippen molar-refractivity contribution in [2.75, 3.05) is 6.54 Å². The minimum absolute atomic E-state index is 0.0701. The van der Waals surface area contributed by atoms with E-state index in [1.165, 1.54) is 11.0 Å². The lowest BCUT2D eigenvalue weighted by molar-refractivity contribution is -0.121. The fraction of sp³-hybridized carbons (Fsp3) is 0.364. The molecule has 1 aliphatic heterocycles. The lowest BCUT2D eigenvalue weighted by Crippen LogP contribution is -2.44. The van der Waals surface area contributed by atoms with Crippen LogP contribution in [0.25, 0.3) is 0 Å². The van der Waals surface area contributed by atoms with E-state index in [0.29, 0.717) is 0 Å². The van der Waals surface area contributed by atoms with Gasteiger partial charge in [-0.3, -0.25) is 9.59 Å². The lowest BCUT2D eigenvalue weighted by Gasteiger charge is -2.21. The van der Waals surface area contributed by atoms with Gasteiger partial charge in [0.25, 0.3) is 5.91 Å². The molecule has 2 amide bonds. The summed E-state index contributed by atoms with van der Waals surface area (Å²) in [5.41, 5.74) is 5.33. The van der Waals surface area contributed by atoms with Crippen LogP contribution in [0.3, 0.4) is 0 Å². The van der Waals surface area contributed by atoms with Crippen LogP contribution in [0.2, 0.25) is 5.15 Å². The number of hydrogen-bond donors (Lipinski definition) is 2. The molecule has 2 atom stereocenters. The Morgan fingerprint density at radius 1 is 1.50 bits per heavy atom. The van der Waals surface area contributed by atoms with Gasteiger partial charge < -0.3 is 15.7 Å². The predicted octanol–water partition coefficient (Wildman–Crippen LogP) is -0.204. The number of aromatic nitrogens is 1. The van der Waals surface area contributed by atoms with E-state index in [0.717, 1.165) is 0 Å². The molecule has 0 radical (unpaired) electrons. The largest absolute Gasteiger partial charge is 0.391 e. The zero-order valence-corrected chi connectivity index (χ0v) is 10.2. The summed E-state index contributed by atoms with van der Waals surface area (Å²) in [5.74, 6) is -1.10. The highest BCUT2D eigenvalue weighted by Gasteiger charge is 2.38. The number of carbonyl (C=O) groups is 2. The molecule has 1 saturated heterocycles. The van der Waals surface area contributed by atoms with Gasteiger partial charge in [-0.1, -0.05) is 17.7 Å². The number of pyridine rings is 1. The van der Waals surface area contributed by atoms with E-state index in [4.69, 9.17) is 17.3 Å². The SMILES string of the molecule is NC(=O)C1CC(O)CN1C(=O)c1cccc(Cl)n1. The zero-order chi connectivity index (χ0) is 13.3. The van der Waals surface area contributed by atoms with Gasteiger partial charge in [0.1, 0.15) is 16.9 Å². The second kappa shape index (κ2) is 4.91. The standard InChI is InChI=1S/C11H12ClN3O3/c12-9-3-1-2-7(14-9)11(18)15-5-6(16)4-8(15)10(13)17/h1-3,6,8,16H,4-5H2,(H2,13,17). The van der Waals surface area contributed by atoms with E-state index in [-0.39, 0.29) is 23.8 Å². The Kier molecular flexibility index (Phi) is 3.49. The Hall–Kier alpha value is -1.66. The van der Waals surface area contributed by atoms with E-state index in [1.807, 2.05) is 0 Å². The molecule has 2 unspecified atom stereocenters. The van der Waals surface area contributed by atoms with Gasteiger partial charge in [0.15, 0.2) is 0 Å². The fourth-order valence-electron chi connectivity index (χ4n) is 1.98. The number of carbonyl (C=O) groups excluding carboxylic acids is 2. The molecule has 1 aliphatic rings. The number of aliphatic hydroxyl groups excluding tert-OH is 1. The number of amides is 2. The summed E-state index contributed by atoms with van der Waals surface area (Å²) < 4.78 is 0. The molecule has 1 aromatic heterocycles. The van der Waals surface area contributed by atoms with Gasteiger partial charge in [-0.15, -0.1) is 0 Å². The van der Waals surface area contributed by atoms with Crippen LogP contribution in [0.1, 0.15) is 16.9 Å². The van der Waals surface area contributed by atoms with Crippen LogP contribution in [-0.2, 0) is 4.79 Å². The van der Waals surface area contributed by atoms with Crippen molar-refractivity contribution < 1.29 is 14.7 Å². The number of nitrogens with two attached hydrogens (primary N) is 1. The van der Waals surface area contributed by atoms with Crippen molar-refractivity contribution in [3.8, 4) is 0 Å². The molecule has 0 spiro atoms. The van der Waals surface area contributed by atoms with Gasteiger partial charge in [-0.05, 0) is 12.1 Å². The number of hydrogen-bond acceptors (Lipinski definition) is 4. The second-order valence-electron chi connectivity index (χ2n) is 4.11. The third kappa shape index (κ3) is 2.44. The van der Waals surface area contributed by atoms with Crippen molar-refractivity contribution in [3.05, 3.63) is 29.0 Å². The zero-order valence-electron chi connectivity index (χ0n) is 9.41. The second-order valence-corrected chi connectivity index (χ2v) is 4.50. The van der Waals surface area contributed by atoms with Gasteiger partial charge in [-0.2, -0.15) is 0 Å². The Bertz CT molecular complexity index is 494. The first-order valence-corrected chi connectivity index (χ1v) is 5.77. The van der Waals surface area contributed by atoms with Crippen LogP contribution in [0.5, 0.6) is 0 Å². The minimum atomic E-state index is -0.798. The van der Waals surface area contributed by atoms with Crippen molar-refractivity contribution in [2.24, 2.45) is 5.73 Å². The van der Waals surface area contributed by atoms with Gasteiger partial charge in [0.05, 0.1) is 6.10 Å². The fourth-order valence-corrected chi connectivity index (χ4v) is 2.15. The van der Waals surface area contributed by atoms with Gasteiger partial charge in [0.2, 0.25) is 5.91 Å². The normalized spacial score (nSPS) is 23.1. The van der Waals surface area contributed by atoms with Crippen molar-refractivity contribution in [1.82, 2.24) is 9.88 Å². The smallest absolute Gasteiger partial charge is 0.273 e. The first-order valence-electron chi connectivity index (χ1n) is 5.40. The molecule has 0 aliphatic carbocycles. The molecule has 7 heteroatoms. The molecule has 0 saturated carbocycles. The summed E-state index contributed by atoms with van der Waals surface area (Å²) in [4.78, 5) is 28.5. The molecule has 6 nitrogen and oxygen atoms in total. The highest BCUT2D eigenvalue weighted by molar-refractivity contribution is 6.29. The Balaban J connectivity index is 2.25. The molecule has 2 rings (SSSR count). The number of rotatable bonds is 2. The third-order valence-electron chi connectivity index (χ3n) is 2.80. The minimum Gasteiger partial charge on any atom is -0.391 e. The van der Waals surface area contributed by atoms with Gasteiger partial charge >= 0.3 is 0 Å². The van der Waals surface area contributed by atoms with Crippen LogP contribution in [0, 0.1) is 0 Å². The Morgan fingerprint density at radius 3 is 2.83 bits per heavy atom. The van der Waals surface area contributed by atoms with Gasteiger partial charge in [-0.25, -0.2) is 4.98 Å². The molecule has 0 aromatic carbocycles. The quantitative estimate of drug-likeness (QED) is 0.727. The third-order valence-corrected chi connectivity index (χ3v) is 3.01. The highest BCUT2D eigenvalue weighted by Crippen LogP contribution is 2.20. The Morgan fingerprint density at radius 2 is 2.22 bits per heavy atom. The van der Waals surface area contributed by atoms with Crippen LogP contribution in [-0.4, -0.2) is 45.5 Å². The molecular weight excluding hydrogens is 258 g/mol. The monoisotopic (exact) mass is 269 g/mol. The van der Waals surface area contributed by atoms with E-state index in [1.54, 1.807) is 12.1 Å². The first-order chi connectivity index (χ1) is 8.49. The maximum absolute atomic E-state index is 12.1. The molecule has 3 N–H and O–H groups in total. The van der Waals surface area contributed by atoms with Crippen molar-refractivity contribution in [1.29, 1.82) is 0 Å². The van der Waals surface area contributed by atoms with Crippen molar-refractivity contribution in [2.45, 2.75) is 18.6 Å². The van der Waals surface area contributed by atoms with E-state index in [2.05, 4.69) is 4.98 Å². The van der Waals surface area contributed by atoms with Crippen LogP contribution in [0.4, 0.5) is 0 Å². The predicted molar refractivity (Wildman–Crippen MR) is 63.9 cm³/mol. The maximum Gasteiger partial charge on any atom is 0.273 e. The Labute approximate surface area is 108 Å². The summed E-state index contributed by atoms with van der Waals surface area (Å²) in [6.07, 6.45) is -0.590. The van der Waals surface area contributed by atoms with Gasteiger partial charge in [0, 0.05) is 13.0 Å². The first kappa shape index (κ1) is 12.8. The summed E-state index contributed by atoms with van der Waals surface area (Å²) >= 11 is 5.70. The molecule has 2 heterocycles. The molecule has 96 valence electrons.